The molecule has 88 valence electrons. The lowest BCUT2D eigenvalue weighted by Crippen LogP contribution is -2.07. The largest absolute Gasteiger partial charge is 0.416 e. The Morgan fingerprint density at radius 2 is 2.00 bits per heavy atom. The Kier molecular flexibility index (Phi) is 3.47. The first kappa shape index (κ1) is 11.8. The molecule has 1 unspecified atom stereocenters. The highest BCUT2D eigenvalue weighted by Gasteiger charge is 2.31. The molecule has 1 aromatic carbocycles. The lowest BCUT2D eigenvalue weighted by atomic mass is 10.0. The van der Waals surface area contributed by atoms with Crippen molar-refractivity contribution in [2.24, 2.45) is 0 Å². The molecule has 0 spiro atoms. The third-order valence-electron chi connectivity index (χ3n) is 2.77. The summed E-state index contributed by atoms with van der Waals surface area (Å²) in [5.74, 6) is 1.06. The molecule has 0 amide bonds. The van der Waals surface area contributed by atoms with E-state index >= 15 is 0 Å². The highest BCUT2D eigenvalue weighted by atomic mass is 32.2. The van der Waals surface area contributed by atoms with E-state index in [2.05, 4.69) is 0 Å². The molecule has 1 saturated heterocycles. The summed E-state index contributed by atoms with van der Waals surface area (Å²) in [4.78, 5) is 0. The fourth-order valence-electron chi connectivity index (χ4n) is 1.92. The van der Waals surface area contributed by atoms with Crippen LogP contribution in [0.15, 0.2) is 24.3 Å². The molecule has 1 aliphatic rings. The summed E-state index contributed by atoms with van der Waals surface area (Å²) in [6, 6.07) is 5.74. The number of benzene rings is 1. The molecule has 1 aliphatic heterocycles. The van der Waals surface area contributed by atoms with Crippen LogP contribution >= 0.6 is 11.8 Å². The normalized spacial score (nSPS) is 22.1. The fourth-order valence-corrected chi connectivity index (χ4v) is 3.25. The first-order valence-electron chi connectivity index (χ1n) is 5.36. The number of halogens is 3. The SMILES string of the molecule is FC(F)(F)c1cccc(C2CCCCS2)c1. The number of thioether (sulfide) groups is 1. The fraction of sp³-hybridized carbons (Fsp3) is 0.500. The summed E-state index contributed by atoms with van der Waals surface area (Å²) in [6.45, 7) is 0. The van der Waals surface area contributed by atoms with E-state index < -0.39 is 11.7 Å². The van der Waals surface area contributed by atoms with Crippen LogP contribution in [0.25, 0.3) is 0 Å². The van der Waals surface area contributed by atoms with Gasteiger partial charge in [-0.3, -0.25) is 0 Å². The summed E-state index contributed by atoms with van der Waals surface area (Å²) in [5, 5.41) is 0.246. The van der Waals surface area contributed by atoms with Crippen molar-refractivity contribution in [3.8, 4) is 0 Å². The van der Waals surface area contributed by atoms with E-state index in [-0.39, 0.29) is 5.25 Å². The van der Waals surface area contributed by atoms with Crippen LogP contribution in [0.1, 0.15) is 35.6 Å². The Morgan fingerprint density at radius 1 is 1.19 bits per heavy atom. The zero-order chi connectivity index (χ0) is 11.6. The molecule has 2 rings (SSSR count). The molecule has 4 heteroatoms. The molecule has 0 saturated carbocycles. The second kappa shape index (κ2) is 4.70. The zero-order valence-electron chi connectivity index (χ0n) is 8.76. The van der Waals surface area contributed by atoms with Crippen molar-refractivity contribution < 1.29 is 13.2 Å². The molecule has 16 heavy (non-hydrogen) atoms. The van der Waals surface area contributed by atoms with Gasteiger partial charge < -0.3 is 0 Å². The molecule has 1 fully saturated rings. The lowest BCUT2D eigenvalue weighted by molar-refractivity contribution is -0.137. The zero-order valence-corrected chi connectivity index (χ0v) is 9.57. The van der Waals surface area contributed by atoms with Crippen molar-refractivity contribution in [2.45, 2.75) is 30.7 Å². The highest BCUT2D eigenvalue weighted by Crippen LogP contribution is 2.40. The molecule has 0 N–H and O–H groups in total. The average molecular weight is 246 g/mol. The Morgan fingerprint density at radius 3 is 2.62 bits per heavy atom. The second-order valence-electron chi connectivity index (χ2n) is 3.98. The van der Waals surface area contributed by atoms with E-state index in [4.69, 9.17) is 0 Å². The van der Waals surface area contributed by atoms with Crippen LogP contribution < -0.4 is 0 Å². The minimum Gasteiger partial charge on any atom is -0.166 e. The molecule has 0 aromatic heterocycles. The minimum atomic E-state index is -4.23. The predicted octanol–water partition coefficient (Wildman–Crippen LogP) is 4.66. The van der Waals surface area contributed by atoms with Gasteiger partial charge in [-0.1, -0.05) is 24.6 Å². The summed E-state index contributed by atoms with van der Waals surface area (Å²) in [6.07, 6.45) is -0.935. The van der Waals surface area contributed by atoms with Crippen LogP contribution in [0.4, 0.5) is 13.2 Å². The van der Waals surface area contributed by atoms with Gasteiger partial charge >= 0.3 is 6.18 Å². The Balaban J connectivity index is 2.21. The standard InChI is InChI=1S/C12H13F3S/c13-12(14,15)10-5-3-4-9(8-10)11-6-1-2-7-16-11/h3-5,8,11H,1-2,6-7H2. The number of hydrogen-bond acceptors (Lipinski definition) is 1. The summed E-state index contributed by atoms with van der Waals surface area (Å²) in [7, 11) is 0. The Hall–Kier alpha value is -0.640. The Bertz CT molecular complexity index is 354. The van der Waals surface area contributed by atoms with Crippen molar-refractivity contribution in [3.63, 3.8) is 0 Å². The van der Waals surface area contributed by atoms with E-state index in [0.29, 0.717) is 0 Å². The second-order valence-corrected chi connectivity index (χ2v) is 5.29. The third-order valence-corrected chi connectivity index (χ3v) is 4.20. The quantitative estimate of drug-likeness (QED) is 0.694. The van der Waals surface area contributed by atoms with Gasteiger partial charge in [-0.15, -0.1) is 0 Å². The average Bonchev–Trinajstić information content (AvgIpc) is 2.29. The van der Waals surface area contributed by atoms with Gasteiger partial charge in [0.15, 0.2) is 0 Å². The van der Waals surface area contributed by atoms with Crippen LogP contribution in [-0.4, -0.2) is 5.75 Å². The molecular formula is C12H13F3S. The van der Waals surface area contributed by atoms with Gasteiger partial charge in [0.1, 0.15) is 0 Å². The molecule has 1 heterocycles. The molecule has 0 radical (unpaired) electrons. The lowest BCUT2D eigenvalue weighted by Gasteiger charge is -2.22. The van der Waals surface area contributed by atoms with Crippen molar-refractivity contribution in [1.29, 1.82) is 0 Å². The first-order chi connectivity index (χ1) is 7.57. The first-order valence-corrected chi connectivity index (χ1v) is 6.41. The highest BCUT2D eigenvalue weighted by molar-refractivity contribution is 7.99. The topological polar surface area (TPSA) is 0 Å². The molecule has 0 bridgehead atoms. The maximum Gasteiger partial charge on any atom is 0.416 e. The van der Waals surface area contributed by atoms with E-state index in [0.717, 1.165) is 30.2 Å². The van der Waals surface area contributed by atoms with Crippen LogP contribution in [0.2, 0.25) is 0 Å². The molecule has 1 atom stereocenters. The smallest absolute Gasteiger partial charge is 0.166 e. The number of rotatable bonds is 1. The molecule has 0 nitrogen and oxygen atoms in total. The van der Waals surface area contributed by atoms with E-state index in [1.54, 1.807) is 17.8 Å². The summed E-state index contributed by atoms with van der Waals surface area (Å²) in [5.41, 5.74) is 0.288. The van der Waals surface area contributed by atoms with Gasteiger partial charge in [0.2, 0.25) is 0 Å². The number of hydrogen-bond donors (Lipinski definition) is 0. The van der Waals surface area contributed by atoms with Crippen LogP contribution in [0.5, 0.6) is 0 Å². The van der Waals surface area contributed by atoms with E-state index in [1.165, 1.54) is 18.6 Å². The van der Waals surface area contributed by atoms with Crippen molar-refractivity contribution in [2.75, 3.05) is 5.75 Å². The van der Waals surface area contributed by atoms with Crippen LogP contribution in [0, 0.1) is 0 Å². The summed E-state index contributed by atoms with van der Waals surface area (Å²) < 4.78 is 37.6. The van der Waals surface area contributed by atoms with Gasteiger partial charge in [-0.05, 0) is 30.2 Å². The maximum atomic E-state index is 12.5. The maximum absolute atomic E-state index is 12.5. The summed E-state index contributed by atoms with van der Waals surface area (Å²) >= 11 is 1.77. The predicted molar refractivity (Wildman–Crippen MR) is 60.5 cm³/mol. The third kappa shape index (κ3) is 2.73. The van der Waals surface area contributed by atoms with Crippen molar-refractivity contribution >= 4 is 11.8 Å². The monoisotopic (exact) mass is 246 g/mol. The van der Waals surface area contributed by atoms with Crippen molar-refractivity contribution in [3.05, 3.63) is 35.4 Å². The van der Waals surface area contributed by atoms with Crippen LogP contribution in [-0.2, 0) is 6.18 Å². The minimum absolute atomic E-state index is 0.246. The van der Waals surface area contributed by atoms with Gasteiger partial charge in [0.05, 0.1) is 5.56 Å². The van der Waals surface area contributed by atoms with E-state index in [1.807, 2.05) is 0 Å². The van der Waals surface area contributed by atoms with Crippen LogP contribution in [0.3, 0.4) is 0 Å². The van der Waals surface area contributed by atoms with Gasteiger partial charge in [0.25, 0.3) is 0 Å². The Labute approximate surface area is 97.2 Å². The van der Waals surface area contributed by atoms with E-state index in [9.17, 15) is 13.2 Å². The molecular weight excluding hydrogens is 233 g/mol. The van der Waals surface area contributed by atoms with Gasteiger partial charge in [-0.25, -0.2) is 0 Å². The molecule has 0 aliphatic carbocycles. The van der Waals surface area contributed by atoms with Crippen molar-refractivity contribution in [1.82, 2.24) is 0 Å². The van der Waals surface area contributed by atoms with Gasteiger partial charge in [-0.2, -0.15) is 24.9 Å². The molecule has 1 aromatic rings. The number of alkyl halides is 3. The van der Waals surface area contributed by atoms with Gasteiger partial charge in [0, 0.05) is 5.25 Å².